The molecule has 1 atom stereocenters. The number of furan rings is 1. The number of para-hydroxylation sites is 1. The minimum atomic E-state index is 0.00693. The second-order valence-electron chi connectivity index (χ2n) is 5.68. The summed E-state index contributed by atoms with van der Waals surface area (Å²) in [6, 6.07) is 17.8. The summed E-state index contributed by atoms with van der Waals surface area (Å²) >= 11 is 0. The molecule has 1 heterocycles. The molecule has 0 aliphatic rings. The van der Waals surface area contributed by atoms with E-state index in [-0.39, 0.29) is 11.9 Å². The molecule has 3 aromatic rings. The van der Waals surface area contributed by atoms with Gasteiger partial charge in [-0.05, 0) is 37.3 Å². The van der Waals surface area contributed by atoms with E-state index >= 15 is 0 Å². The van der Waals surface area contributed by atoms with Gasteiger partial charge in [0.1, 0.15) is 11.3 Å². The van der Waals surface area contributed by atoms with E-state index in [0.29, 0.717) is 0 Å². The van der Waals surface area contributed by atoms with Crippen LogP contribution >= 0.6 is 0 Å². The highest BCUT2D eigenvalue weighted by atomic mass is 16.3. The van der Waals surface area contributed by atoms with E-state index in [1.54, 1.807) is 18.9 Å². The molecule has 4 heteroatoms. The molecule has 4 nitrogen and oxygen atoms in total. The van der Waals surface area contributed by atoms with E-state index in [0.717, 1.165) is 28.1 Å². The average Bonchev–Trinajstić information content (AvgIpc) is 2.98. The number of fused-ring (bicyclic) bond motifs is 1. The highest BCUT2D eigenvalue weighted by Gasteiger charge is 2.12. The van der Waals surface area contributed by atoms with Gasteiger partial charge in [-0.3, -0.25) is 4.79 Å². The van der Waals surface area contributed by atoms with Gasteiger partial charge in [0, 0.05) is 30.7 Å². The second-order valence-corrected chi connectivity index (χ2v) is 5.68. The maximum absolute atomic E-state index is 11.5. The van der Waals surface area contributed by atoms with Gasteiger partial charge in [0.15, 0.2) is 0 Å². The molecule has 0 saturated carbocycles. The van der Waals surface area contributed by atoms with Crippen molar-refractivity contribution in [3.63, 3.8) is 0 Å². The van der Waals surface area contributed by atoms with Crippen molar-refractivity contribution in [3.8, 4) is 0 Å². The molecule has 2 aromatic carbocycles. The standard InChI is InChI=1S/C19H20N2O2/c1-13(19-11-15-7-4-5-10-18(15)23-19)20-16-8-6-9-17(12-16)21(3)14(2)22/h4-13,20H,1-3H3/t13-/m1/s1. The lowest BCUT2D eigenvalue weighted by Crippen LogP contribution is -2.22. The summed E-state index contributed by atoms with van der Waals surface area (Å²) in [6.45, 7) is 3.61. The zero-order valence-electron chi connectivity index (χ0n) is 13.5. The minimum absolute atomic E-state index is 0.00693. The number of nitrogens with one attached hydrogen (secondary N) is 1. The Hall–Kier alpha value is -2.75. The summed E-state index contributed by atoms with van der Waals surface area (Å²) < 4.78 is 5.89. The maximum Gasteiger partial charge on any atom is 0.223 e. The van der Waals surface area contributed by atoms with Gasteiger partial charge in [-0.2, -0.15) is 0 Å². The predicted octanol–water partition coefficient (Wildman–Crippen LogP) is 4.59. The minimum Gasteiger partial charge on any atom is -0.459 e. The van der Waals surface area contributed by atoms with Crippen LogP contribution in [0.15, 0.2) is 59.0 Å². The fraction of sp³-hybridized carbons (Fsp3) is 0.211. The summed E-state index contributed by atoms with van der Waals surface area (Å²) in [5, 5.41) is 4.52. The molecule has 0 fully saturated rings. The van der Waals surface area contributed by atoms with Crippen LogP contribution in [0.2, 0.25) is 0 Å². The largest absolute Gasteiger partial charge is 0.459 e. The van der Waals surface area contributed by atoms with Crippen molar-refractivity contribution in [3.05, 3.63) is 60.4 Å². The first kappa shape index (κ1) is 15.2. The third-order valence-corrected chi connectivity index (χ3v) is 3.96. The van der Waals surface area contributed by atoms with E-state index in [1.165, 1.54) is 0 Å². The maximum atomic E-state index is 11.5. The van der Waals surface area contributed by atoms with E-state index < -0.39 is 0 Å². The van der Waals surface area contributed by atoms with Crippen LogP contribution in [0, 0.1) is 0 Å². The van der Waals surface area contributed by atoms with Crippen molar-refractivity contribution in [1.29, 1.82) is 0 Å². The molecule has 0 spiro atoms. The second kappa shape index (κ2) is 6.16. The number of carbonyl (C=O) groups excluding carboxylic acids is 1. The normalized spacial score (nSPS) is 12.1. The summed E-state index contributed by atoms with van der Waals surface area (Å²) in [6.07, 6.45) is 0. The van der Waals surface area contributed by atoms with Crippen LogP contribution in [0.4, 0.5) is 11.4 Å². The highest BCUT2D eigenvalue weighted by Crippen LogP contribution is 2.27. The van der Waals surface area contributed by atoms with Crippen molar-refractivity contribution in [2.45, 2.75) is 19.9 Å². The van der Waals surface area contributed by atoms with Crippen molar-refractivity contribution in [2.75, 3.05) is 17.3 Å². The fourth-order valence-corrected chi connectivity index (χ4v) is 2.52. The Morgan fingerprint density at radius 2 is 1.91 bits per heavy atom. The van der Waals surface area contributed by atoms with Crippen molar-refractivity contribution in [1.82, 2.24) is 0 Å². The summed E-state index contributed by atoms with van der Waals surface area (Å²) in [7, 11) is 1.77. The van der Waals surface area contributed by atoms with Crippen molar-refractivity contribution >= 4 is 28.3 Å². The molecule has 1 amide bonds. The van der Waals surface area contributed by atoms with Crippen LogP contribution in [0.25, 0.3) is 11.0 Å². The van der Waals surface area contributed by atoms with Gasteiger partial charge in [-0.25, -0.2) is 0 Å². The lowest BCUT2D eigenvalue weighted by Gasteiger charge is -2.18. The van der Waals surface area contributed by atoms with Gasteiger partial charge in [-0.1, -0.05) is 24.3 Å². The number of hydrogen-bond donors (Lipinski definition) is 1. The number of nitrogens with zero attached hydrogens (tertiary/aromatic N) is 1. The SMILES string of the molecule is CC(=O)N(C)c1cccc(N[C@H](C)c2cc3ccccc3o2)c1. The predicted molar refractivity (Wildman–Crippen MR) is 93.8 cm³/mol. The molecule has 1 N–H and O–H groups in total. The van der Waals surface area contributed by atoms with Crippen molar-refractivity contribution in [2.24, 2.45) is 0 Å². The zero-order chi connectivity index (χ0) is 16.4. The molecule has 0 unspecified atom stereocenters. The number of benzene rings is 2. The molecular formula is C19H20N2O2. The first-order valence-electron chi connectivity index (χ1n) is 7.64. The quantitative estimate of drug-likeness (QED) is 0.767. The summed E-state index contributed by atoms with van der Waals surface area (Å²) in [5.74, 6) is 0.893. The van der Waals surface area contributed by atoms with Crippen molar-refractivity contribution < 1.29 is 9.21 Å². The molecule has 3 rings (SSSR count). The molecule has 0 radical (unpaired) electrons. The zero-order valence-corrected chi connectivity index (χ0v) is 13.5. The number of amides is 1. The monoisotopic (exact) mass is 308 g/mol. The van der Waals surface area contributed by atoms with Gasteiger partial charge in [0.05, 0.1) is 6.04 Å². The van der Waals surface area contributed by atoms with Crippen LogP contribution < -0.4 is 10.2 Å². The van der Waals surface area contributed by atoms with Gasteiger partial charge in [0.25, 0.3) is 0 Å². The Morgan fingerprint density at radius 1 is 1.13 bits per heavy atom. The number of anilines is 2. The number of rotatable bonds is 4. The molecule has 118 valence electrons. The molecule has 0 saturated heterocycles. The Labute approximate surface area is 135 Å². The van der Waals surface area contributed by atoms with Crippen LogP contribution in [-0.2, 0) is 4.79 Å². The third kappa shape index (κ3) is 3.21. The van der Waals surface area contributed by atoms with E-state index in [2.05, 4.69) is 18.3 Å². The highest BCUT2D eigenvalue weighted by molar-refractivity contribution is 5.91. The van der Waals surface area contributed by atoms with Gasteiger partial charge >= 0.3 is 0 Å². The Kier molecular flexibility index (Phi) is 4.06. The molecule has 0 aliphatic carbocycles. The van der Waals surface area contributed by atoms with Crippen LogP contribution in [0.1, 0.15) is 25.6 Å². The van der Waals surface area contributed by atoms with Gasteiger partial charge < -0.3 is 14.6 Å². The lowest BCUT2D eigenvalue weighted by atomic mass is 10.2. The van der Waals surface area contributed by atoms with Crippen LogP contribution in [0.3, 0.4) is 0 Å². The third-order valence-electron chi connectivity index (χ3n) is 3.96. The van der Waals surface area contributed by atoms with E-state index in [4.69, 9.17) is 4.42 Å². The van der Waals surface area contributed by atoms with Gasteiger partial charge in [0.2, 0.25) is 5.91 Å². The Morgan fingerprint density at radius 3 is 2.65 bits per heavy atom. The average molecular weight is 308 g/mol. The van der Waals surface area contributed by atoms with E-state index in [9.17, 15) is 4.79 Å². The summed E-state index contributed by atoms with van der Waals surface area (Å²) in [4.78, 5) is 13.1. The van der Waals surface area contributed by atoms with Gasteiger partial charge in [-0.15, -0.1) is 0 Å². The summed E-state index contributed by atoms with van der Waals surface area (Å²) in [5.41, 5.74) is 2.70. The number of carbonyl (C=O) groups is 1. The first-order chi connectivity index (χ1) is 11.0. The molecule has 1 aromatic heterocycles. The van der Waals surface area contributed by atoms with Crippen LogP contribution in [0.5, 0.6) is 0 Å². The molecule has 0 aliphatic heterocycles. The first-order valence-corrected chi connectivity index (χ1v) is 7.64. The Bertz CT molecular complexity index is 805. The lowest BCUT2D eigenvalue weighted by molar-refractivity contribution is -0.116. The molecule has 23 heavy (non-hydrogen) atoms. The number of hydrogen-bond acceptors (Lipinski definition) is 3. The molecule has 0 bridgehead atoms. The topological polar surface area (TPSA) is 45.5 Å². The Balaban J connectivity index is 1.81. The fourth-order valence-electron chi connectivity index (χ4n) is 2.52. The smallest absolute Gasteiger partial charge is 0.223 e. The van der Waals surface area contributed by atoms with E-state index in [1.807, 2.05) is 48.5 Å². The molecular weight excluding hydrogens is 288 g/mol. The van der Waals surface area contributed by atoms with Crippen LogP contribution in [-0.4, -0.2) is 13.0 Å².